The van der Waals surface area contributed by atoms with Crippen LogP contribution in [-0.2, 0) is 6.54 Å². The zero-order valence-corrected chi connectivity index (χ0v) is 12.1. The van der Waals surface area contributed by atoms with Crippen molar-refractivity contribution in [1.29, 1.82) is 0 Å². The van der Waals surface area contributed by atoms with Crippen molar-refractivity contribution in [1.82, 2.24) is 0 Å². The van der Waals surface area contributed by atoms with E-state index < -0.39 is 0 Å². The van der Waals surface area contributed by atoms with Crippen molar-refractivity contribution in [3.05, 3.63) is 54.1 Å². The molecule has 1 N–H and O–H groups in total. The first-order chi connectivity index (χ1) is 9.83. The van der Waals surface area contributed by atoms with E-state index in [2.05, 4.69) is 24.4 Å². The molecule has 2 aromatic rings. The van der Waals surface area contributed by atoms with Gasteiger partial charge in [0.1, 0.15) is 11.5 Å². The van der Waals surface area contributed by atoms with Crippen LogP contribution < -0.4 is 14.8 Å². The van der Waals surface area contributed by atoms with E-state index in [4.69, 9.17) is 9.47 Å². The van der Waals surface area contributed by atoms with Crippen LogP contribution in [0, 0.1) is 0 Å². The number of ether oxygens (including phenoxy) is 2. The molecular formula is C17H21NO2. The second kappa shape index (κ2) is 7.43. The summed E-state index contributed by atoms with van der Waals surface area (Å²) in [6.45, 7) is 3.60. The molecule has 20 heavy (non-hydrogen) atoms. The van der Waals surface area contributed by atoms with E-state index in [-0.39, 0.29) is 0 Å². The summed E-state index contributed by atoms with van der Waals surface area (Å²) in [5, 5.41) is 3.41. The molecule has 106 valence electrons. The average molecular weight is 271 g/mol. The number of para-hydroxylation sites is 2. The number of nitrogens with one attached hydrogen (secondary N) is 1. The molecule has 0 radical (unpaired) electrons. The molecule has 2 aromatic carbocycles. The van der Waals surface area contributed by atoms with E-state index in [1.165, 1.54) is 5.56 Å². The Hall–Kier alpha value is -2.16. The molecule has 0 amide bonds. The lowest BCUT2D eigenvalue weighted by atomic mass is 10.2. The first kappa shape index (κ1) is 14.3. The largest absolute Gasteiger partial charge is 0.497 e. The van der Waals surface area contributed by atoms with Gasteiger partial charge in [-0.25, -0.2) is 0 Å². The van der Waals surface area contributed by atoms with Gasteiger partial charge in [0.15, 0.2) is 0 Å². The number of methoxy groups -OCH3 is 1. The predicted molar refractivity (Wildman–Crippen MR) is 82.5 cm³/mol. The first-order valence-electron chi connectivity index (χ1n) is 6.92. The normalized spacial score (nSPS) is 10.1. The molecule has 0 saturated heterocycles. The second-order valence-corrected chi connectivity index (χ2v) is 4.55. The SMILES string of the molecule is CCCOc1ccccc1NCc1ccc(OC)cc1. The minimum atomic E-state index is 0.737. The highest BCUT2D eigenvalue weighted by atomic mass is 16.5. The van der Waals surface area contributed by atoms with E-state index >= 15 is 0 Å². The van der Waals surface area contributed by atoms with Crippen LogP contribution in [0.5, 0.6) is 11.5 Å². The van der Waals surface area contributed by atoms with Gasteiger partial charge in [-0.2, -0.15) is 0 Å². The second-order valence-electron chi connectivity index (χ2n) is 4.55. The number of hydrogen-bond donors (Lipinski definition) is 1. The van der Waals surface area contributed by atoms with Crippen molar-refractivity contribution in [2.75, 3.05) is 19.0 Å². The van der Waals surface area contributed by atoms with Crippen LogP contribution in [0.1, 0.15) is 18.9 Å². The lowest BCUT2D eigenvalue weighted by Crippen LogP contribution is -2.03. The van der Waals surface area contributed by atoms with Gasteiger partial charge in [0, 0.05) is 6.54 Å². The highest BCUT2D eigenvalue weighted by molar-refractivity contribution is 5.56. The molecule has 0 aromatic heterocycles. The molecule has 2 rings (SSSR count). The van der Waals surface area contributed by atoms with Gasteiger partial charge in [-0.15, -0.1) is 0 Å². The van der Waals surface area contributed by atoms with Gasteiger partial charge in [-0.3, -0.25) is 0 Å². The van der Waals surface area contributed by atoms with Crippen LogP contribution in [0.15, 0.2) is 48.5 Å². The molecule has 0 heterocycles. The minimum Gasteiger partial charge on any atom is -0.497 e. The average Bonchev–Trinajstić information content (AvgIpc) is 2.52. The molecule has 3 nitrogen and oxygen atoms in total. The smallest absolute Gasteiger partial charge is 0.142 e. The fourth-order valence-electron chi connectivity index (χ4n) is 1.89. The monoisotopic (exact) mass is 271 g/mol. The maximum Gasteiger partial charge on any atom is 0.142 e. The Morgan fingerprint density at radius 1 is 1.00 bits per heavy atom. The van der Waals surface area contributed by atoms with Gasteiger partial charge in [0.2, 0.25) is 0 Å². The van der Waals surface area contributed by atoms with Gasteiger partial charge < -0.3 is 14.8 Å². The summed E-state index contributed by atoms with van der Waals surface area (Å²) in [7, 11) is 1.68. The quantitative estimate of drug-likeness (QED) is 0.822. The Morgan fingerprint density at radius 2 is 1.75 bits per heavy atom. The first-order valence-corrected chi connectivity index (χ1v) is 6.92. The molecule has 0 aliphatic rings. The number of benzene rings is 2. The topological polar surface area (TPSA) is 30.5 Å². The molecule has 0 fully saturated rings. The molecule has 0 aliphatic carbocycles. The van der Waals surface area contributed by atoms with Gasteiger partial charge in [-0.1, -0.05) is 31.2 Å². The Kier molecular flexibility index (Phi) is 5.30. The molecule has 0 atom stereocenters. The van der Waals surface area contributed by atoms with Crippen LogP contribution in [0.25, 0.3) is 0 Å². The van der Waals surface area contributed by atoms with Gasteiger partial charge in [0.25, 0.3) is 0 Å². The zero-order chi connectivity index (χ0) is 14.2. The van der Waals surface area contributed by atoms with Crippen molar-refractivity contribution in [2.24, 2.45) is 0 Å². The van der Waals surface area contributed by atoms with Gasteiger partial charge in [-0.05, 0) is 36.2 Å². The minimum absolute atomic E-state index is 0.737. The standard InChI is InChI=1S/C17H21NO2/c1-3-12-20-17-7-5-4-6-16(17)18-13-14-8-10-15(19-2)11-9-14/h4-11,18H,3,12-13H2,1-2H3. The summed E-state index contributed by atoms with van der Waals surface area (Å²) < 4.78 is 10.9. The van der Waals surface area contributed by atoms with Crippen LogP contribution in [0.2, 0.25) is 0 Å². The van der Waals surface area contributed by atoms with E-state index in [0.29, 0.717) is 0 Å². The van der Waals surface area contributed by atoms with Crippen molar-refractivity contribution < 1.29 is 9.47 Å². The van der Waals surface area contributed by atoms with Crippen LogP contribution >= 0.6 is 0 Å². The Labute approximate surface area is 120 Å². The molecular weight excluding hydrogens is 250 g/mol. The highest BCUT2D eigenvalue weighted by Crippen LogP contribution is 2.24. The predicted octanol–water partition coefficient (Wildman–Crippen LogP) is 4.10. The fraction of sp³-hybridized carbons (Fsp3) is 0.294. The van der Waals surface area contributed by atoms with E-state index in [0.717, 1.165) is 36.8 Å². The molecule has 0 aliphatic heterocycles. The maximum absolute atomic E-state index is 5.73. The third-order valence-corrected chi connectivity index (χ3v) is 2.99. The number of anilines is 1. The third-order valence-electron chi connectivity index (χ3n) is 2.99. The number of rotatable bonds is 7. The highest BCUT2D eigenvalue weighted by Gasteiger charge is 2.02. The van der Waals surface area contributed by atoms with E-state index in [1.807, 2.05) is 36.4 Å². The summed E-state index contributed by atoms with van der Waals surface area (Å²) in [4.78, 5) is 0. The third kappa shape index (κ3) is 3.92. The summed E-state index contributed by atoms with van der Waals surface area (Å²) >= 11 is 0. The molecule has 0 saturated carbocycles. The summed E-state index contributed by atoms with van der Waals surface area (Å²) in [5.41, 5.74) is 2.23. The van der Waals surface area contributed by atoms with Crippen LogP contribution in [-0.4, -0.2) is 13.7 Å². The van der Waals surface area contributed by atoms with E-state index in [9.17, 15) is 0 Å². The Morgan fingerprint density at radius 3 is 2.45 bits per heavy atom. The van der Waals surface area contributed by atoms with Gasteiger partial charge in [0.05, 0.1) is 19.4 Å². The Bertz CT molecular complexity index is 523. The molecule has 0 spiro atoms. The Balaban J connectivity index is 1.98. The lowest BCUT2D eigenvalue weighted by Gasteiger charge is -2.13. The van der Waals surface area contributed by atoms with Crippen molar-refractivity contribution >= 4 is 5.69 Å². The summed E-state index contributed by atoms with van der Waals surface area (Å²) in [5.74, 6) is 1.78. The van der Waals surface area contributed by atoms with Crippen molar-refractivity contribution in [3.63, 3.8) is 0 Å². The summed E-state index contributed by atoms with van der Waals surface area (Å²) in [6, 6.07) is 16.1. The van der Waals surface area contributed by atoms with Gasteiger partial charge >= 0.3 is 0 Å². The molecule has 0 unspecified atom stereocenters. The van der Waals surface area contributed by atoms with Crippen LogP contribution in [0.3, 0.4) is 0 Å². The summed E-state index contributed by atoms with van der Waals surface area (Å²) in [6.07, 6.45) is 1.01. The maximum atomic E-state index is 5.73. The number of hydrogen-bond acceptors (Lipinski definition) is 3. The fourth-order valence-corrected chi connectivity index (χ4v) is 1.89. The zero-order valence-electron chi connectivity index (χ0n) is 12.1. The van der Waals surface area contributed by atoms with Crippen LogP contribution in [0.4, 0.5) is 5.69 Å². The molecule has 3 heteroatoms. The lowest BCUT2D eigenvalue weighted by molar-refractivity contribution is 0.319. The van der Waals surface area contributed by atoms with E-state index in [1.54, 1.807) is 7.11 Å². The van der Waals surface area contributed by atoms with Crippen molar-refractivity contribution in [2.45, 2.75) is 19.9 Å². The van der Waals surface area contributed by atoms with Crippen molar-refractivity contribution in [3.8, 4) is 11.5 Å². The molecule has 0 bridgehead atoms.